The van der Waals surface area contributed by atoms with E-state index in [0.717, 1.165) is 24.5 Å². The first-order chi connectivity index (χ1) is 12.2. The number of rotatable bonds is 4. The van der Waals surface area contributed by atoms with Crippen LogP contribution in [-0.2, 0) is 0 Å². The number of anilines is 2. The first kappa shape index (κ1) is 17.2. The molecule has 0 saturated carbocycles. The quantitative estimate of drug-likeness (QED) is 0.923. The third kappa shape index (κ3) is 4.26. The summed E-state index contributed by atoms with van der Waals surface area (Å²) >= 11 is 0. The molecule has 1 N–H and O–H groups in total. The Labute approximate surface area is 148 Å². The van der Waals surface area contributed by atoms with E-state index < -0.39 is 0 Å². The van der Waals surface area contributed by atoms with Crippen molar-refractivity contribution >= 4 is 17.4 Å². The average Bonchev–Trinajstić information content (AvgIpc) is 2.91. The molecule has 2 aromatic rings. The fourth-order valence-corrected chi connectivity index (χ4v) is 3.02. The lowest BCUT2D eigenvalue weighted by Gasteiger charge is -2.20. The minimum atomic E-state index is -0.293. The normalized spacial score (nSPS) is 14.7. The Morgan fingerprint density at radius 2 is 1.84 bits per heavy atom. The number of carbonyl (C=O) groups is 1. The van der Waals surface area contributed by atoms with Crippen molar-refractivity contribution in [2.24, 2.45) is 0 Å². The largest absolute Gasteiger partial charge is 0.495 e. The number of carbonyl (C=O) groups excluding carboxylic acids is 1. The minimum Gasteiger partial charge on any atom is -0.495 e. The van der Waals surface area contributed by atoms with Crippen LogP contribution in [0.4, 0.5) is 11.5 Å². The monoisotopic (exact) mass is 340 g/mol. The van der Waals surface area contributed by atoms with E-state index in [1.54, 1.807) is 13.2 Å². The SMILES string of the molecule is COc1ccc(C)cc1NC(=O)c1ccc(N2CCCCCC2)nn1. The molecule has 0 aliphatic carbocycles. The smallest absolute Gasteiger partial charge is 0.276 e. The Morgan fingerprint density at radius 1 is 1.08 bits per heavy atom. The molecule has 2 heterocycles. The number of aromatic nitrogens is 2. The van der Waals surface area contributed by atoms with Crippen LogP contribution in [-0.4, -0.2) is 36.3 Å². The maximum Gasteiger partial charge on any atom is 0.276 e. The zero-order chi connectivity index (χ0) is 17.6. The number of aryl methyl sites for hydroxylation is 1. The van der Waals surface area contributed by atoms with Crippen LogP contribution in [0.15, 0.2) is 30.3 Å². The maximum atomic E-state index is 12.5. The van der Waals surface area contributed by atoms with Crippen LogP contribution in [0.3, 0.4) is 0 Å². The van der Waals surface area contributed by atoms with E-state index in [0.29, 0.717) is 17.1 Å². The van der Waals surface area contributed by atoms with Gasteiger partial charge in [0.1, 0.15) is 5.75 Å². The van der Waals surface area contributed by atoms with Crippen molar-refractivity contribution in [2.75, 3.05) is 30.4 Å². The van der Waals surface area contributed by atoms with Crippen LogP contribution in [0.25, 0.3) is 0 Å². The summed E-state index contributed by atoms with van der Waals surface area (Å²) in [6, 6.07) is 9.24. The molecule has 0 bridgehead atoms. The summed E-state index contributed by atoms with van der Waals surface area (Å²) in [5.74, 6) is 1.17. The highest BCUT2D eigenvalue weighted by Gasteiger charge is 2.15. The topological polar surface area (TPSA) is 67.3 Å². The summed E-state index contributed by atoms with van der Waals surface area (Å²) in [6.45, 7) is 3.96. The summed E-state index contributed by atoms with van der Waals surface area (Å²) in [4.78, 5) is 14.7. The number of methoxy groups -OCH3 is 1. The van der Waals surface area contributed by atoms with Crippen LogP contribution in [0.5, 0.6) is 5.75 Å². The van der Waals surface area contributed by atoms with Gasteiger partial charge in [-0.2, -0.15) is 0 Å². The Balaban J connectivity index is 1.71. The second-order valence-corrected chi connectivity index (χ2v) is 6.34. The standard InChI is InChI=1S/C19H24N4O2/c1-14-7-9-17(25-2)16(13-14)20-19(24)15-8-10-18(22-21-15)23-11-5-3-4-6-12-23/h7-10,13H,3-6,11-12H2,1-2H3,(H,20,24). The van der Waals surface area contributed by atoms with Crippen molar-refractivity contribution in [3.8, 4) is 5.75 Å². The Bertz CT molecular complexity index is 723. The van der Waals surface area contributed by atoms with E-state index >= 15 is 0 Å². The van der Waals surface area contributed by atoms with Gasteiger partial charge in [-0.1, -0.05) is 18.9 Å². The molecule has 1 aromatic heterocycles. The summed E-state index contributed by atoms with van der Waals surface area (Å²) in [5.41, 5.74) is 1.96. The Hall–Kier alpha value is -2.63. The molecule has 1 saturated heterocycles. The first-order valence-corrected chi connectivity index (χ1v) is 8.72. The zero-order valence-electron chi connectivity index (χ0n) is 14.8. The van der Waals surface area contributed by atoms with E-state index in [1.807, 2.05) is 31.2 Å². The first-order valence-electron chi connectivity index (χ1n) is 8.72. The van der Waals surface area contributed by atoms with Crippen molar-refractivity contribution in [1.29, 1.82) is 0 Å². The van der Waals surface area contributed by atoms with Crippen LogP contribution >= 0.6 is 0 Å². The average molecular weight is 340 g/mol. The zero-order valence-corrected chi connectivity index (χ0v) is 14.8. The second kappa shape index (κ2) is 7.96. The van der Waals surface area contributed by atoms with Gasteiger partial charge in [-0.3, -0.25) is 4.79 Å². The molecule has 6 nitrogen and oxygen atoms in total. The van der Waals surface area contributed by atoms with E-state index in [-0.39, 0.29) is 5.91 Å². The van der Waals surface area contributed by atoms with Crippen LogP contribution in [0, 0.1) is 6.92 Å². The van der Waals surface area contributed by atoms with Crippen LogP contribution in [0.1, 0.15) is 41.7 Å². The van der Waals surface area contributed by atoms with Gasteiger partial charge in [-0.05, 0) is 49.6 Å². The molecule has 1 aliphatic heterocycles. The van der Waals surface area contributed by atoms with Gasteiger partial charge in [0.15, 0.2) is 11.5 Å². The van der Waals surface area contributed by atoms with E-state index in [1.165, 1.54) is 25.7 Å². The molecule has 132 valence electrons. The molecule has 0 unspecified atom stereocenters. The minimum absolute atomic E-state index is 0.293. The molecule has 1 fully saturated rings. The van der Waals surface area contributed by atoms with Gasteiger partial charge in [-0.15, -0.1) is 10.2 Å². The lowest BCUT2D eigenvalue weighted by Crippen LogP contribution is -2.25. The summed E-state index contributed by atoms with van der Waals surface area (Å²) < 4.78 is 5.29. The second-order valence-electron chi connectivity index (χ2n) is 6.34. The van der Waals surface area contributed by atoms with Crippen molar-refractivity contribution in [3.63, 3.8) is 0 Å². The van der Waals surface area contributed by atoms with Crippen molar-refractivity contribution in [2.45, 2.75) is 32.6 Å². The highest BCUT2D eigenvalue weighted by Crippen LogP contribution is 2.25. The fourth-order valence-electron chi connectivity index (χ4n) is 3.02. The molecule has 6 heteroatoms. The number of hydrogen-bond acceptors (Lipinski definition) is 5. The van der Waals surface area contributed by atoms with Crippen LogP contribution < -0.4 is 15.0 Å². The molecule has 1 aromatic carbocycles. The fraction of sp³-hybridized carbons (Fsp3) is 0.421. The highest BCUT2D eigenvalue weighted by atomic mass is 16.5. The molecular formula is C19H24N4O2. The van der Waals surface area contributed by atoms with Gasteiger partial charge in [0, 0.05) is 13.1 Å². The Kier molecular flexibility index (Phi) is 5.48. The predicted octanol–water partition coefficient (Wildman–Crippen LogP) is 3.43. The number of nitrogens with one attached hydrogen (secondary N) is 1. The van der Waals surface area contributed by atoms with Crippen molar-refractivity contribution in [3.05, 3.63) is 41.6 Å². The molecule has 0 spiro atoms. The lowest BCUT2D eigenvalue weighted by molar-refractivity contribution is 0.102. The highest BCUT2D eigenvalue weighted by molar-refractivity contribution is 6.03. The summed E-state index contributed by atoms with van der Waals surface area (Å²) in [6.07, 6.45) is 4.89. The lowest BCUT2D eigenvalue weighted by atomic mass is 10.2. The number of ether oxygens (including phenoxy) is 1. The maximum absolute atomic E-state index is 12.5. The van der Waals surface area contributed by atoms with Gasteiger partial charge in [-0.25, -0.2) is 0 Å². The molecule has 0 radical (unpaired) electrons. The Morgan fingerprint density at radius 3 is 2.48 bits per heavy atom. The van der Waals surface area contributed by atoms with Gasteiger partial charge < -0.3 is 15.0 Å². The summed E-state index contributed by atoms with van der Waals surface area (Å²) in [5, 5.41) is 11.2. The van der Waals surface area contributed by atoms with Gasteiger partial charge >= 0.3 is 0 Å². The predicted molar refractivity (Wildman–Crippen MR) is 98.4 cm³/mol. The number of benzene rings is 1. The van der Waals surface area contributed by atoms with Crippen molar-refractivity contribution < 1.29 is 9.53 Å². The number of amides is 1. The van der Waals surface area contributed by atoms with Gasteiger partial charge in [0.05, 0.1) is 12.8 Å². The molecule has 3 rings (SSSR count). The van der Waals surface area contributed by atoms with E-state index in [2.05, 4.69) is 20.4 Å². The van der Waals surface area contributed by atoms with Crippen LogP contribution in [0.2, 0.25) is 0 Å². The van der Waals surface area contributed by atoms with E-state index in [9.17, 15) is 4.79 Å². The third-order valence-corrected chi connectivity index (χ3v) is 4.42. The van der Waals surface area contributed by atoms with Crippen molar-refractivity contribution in [1.82, 2.24) is 10.2 Å². The molecule has 25 heavy (non-hydrogen) atoms. The van der Waals surface area contributed by atoms with Gasteiger partial charge in [0.25, 0.3) is 5.91 Å². The third-order valence-electron chi connectivity index (χ3n) is 4.42. The molecular weight excluding hydrogens is 316 g/mol. The van der Waals surface area contributed by atoms with Gasteiger partial charge in [0.2, 0.25) is 0 Å². The summed E-state index contributed by atoms with van der Waals surface area (Å²) in [7, 11) is 1.58. The van der Waals surface area contributed by atoms with E-state index in [4.69, 9.17) is 4.74 Å². The number of hydrogen-bond donors (Lipinski definition) is 1. The molecule has 1 amide bonds. The molecule has 1 aliphatic rings. The number of nitrogens with zero attached hydrogens (tertiary/aromatic N) is 3. The molecule has 0 atom stereocenters.